The topological polar surface area (TPSA) is 35.6 Å². The van der Waals surface area contributed by atoms with E-state index in [-0.39, 0.29) is 5.91 Å². The van der Waals surface area contributed by atoms with Crippen LogP contribution in [0.25, 0.3) is 0 Å². The fourth-order valence-corrected chi connectivity index (χ4v) is 3.01. The number of nitrogens with zero attached hydrogens (tertiary/aromatic N) is 2. The Morgan fingerprint density at radius 3 is 2.88 bits per heavy atom. The molecule has 0 radical (unpaired) electrons. The van der Waals surface area contributed by atoms with Gasteiger partial charge in [-0.2, -0.15) is 0 Å². The van der Waals surface area contributed by atoms with Crippen molar-refractivity contribution in [3.8, 4) is 0 Å². The van der Waals surface area contributed by atoms with Crippen molar-refractivity contribution >= 4 is 5.91 Å². The monoisotopic (exact) mass is 225 g/mol. The molecule has 2 heterocycles. The van der Waals surface area contributed by atoms with E-state index in [4.69, 9.17) is 0 Å². The van der Waals surface area contributed by atoms with E-state index >= 15 is 0 Å². The highest BCUT2D eigenvalue weighted by molar-refractivity contribution is 5.80. The molecule has 2 fully saturated rings. The van der Waals surface area contributed by atoms with Crippen molar-refractivity contribution in [3.63, 3.8) is 0 Å². The van der Waals surface area contributed by atoms with Crippen molar-refractivity contribution in [1.82, 2.24) is 15.1 Å². The molecule has 2 rings (SSSR count). The van der Waals surface area contributed by atoms with Crippen LogP contribution in [0.5, 0.6) is 0 Å². The molecule has 0 bridgehead atoms. The van der Waals surface area contributed by atoms with Crippen LogP contribution in [0, 0.1) is 5.92 Å². The number of rotatable bonds is 2. The van der Waals surface area contributed by atoms with Crippen LogP contribution < -0.4 is 5.32 Å². The second-order valence-corrected chi connectivity index (χ2v) is 5.59. The second-order valence-electron chi connectivity index (χ2n) is 5.59. The number of likely N-dealkylation sites (N-methyl/N-ethyl adjacent to an activating group) is 1. The van der Waals surface area contributed by atoms with Crippen LogP contribution in [0.3, 0.4) is 0 Å². The predicted molar refractivity (Wildman–Crippen MR) is 64.2 cm³/mol. The highest BCUT2D eigenvalue weighted by Gasteiger charge is 2.38. The van der Waals surface area contributed by atoms with Gasteiger partial charge >= 0.3 is 0 Å². The average Bonchev–Trinajstić information content (AvgIpc) is 2.15. The van der Waals surface area contributed by atoms with E-state index in [1.807, 2.05) is 0 Å². The third-order valence-corrected chi connectivity index (χ3v) is 3.52. The third kappa shape index (κ3) is 2.38. The molecule has 2 saturated heterocycles. The zero-order valence-corrected chi connectivity index (χ0v) is 10.6. The zero-order chi connectivity index (χ0) is 11.7. The average molecular weight is 225 g/mol. The lowest BCUT2D eigenvalue weighted by molar-refractivity contribution is -0.142. The fourth-order valence-electron chi connectivity index (χ4n) is 3.01. The van der Waals surface area contributed by atoms with Crippen molar-refractivity contribution in [2.24, 2.45) is 5.92 Å². The summed E-state index contributed by atoms with van der Waals surface area (Å²) in [6.45, 7) is 7.97. The standard InChI is InChI=1S/C12H23N3O/c1-9(2)4-10-7-14(3)8-11-5-13-6-12(16)15(10)11/h9-11,13H,4-8H2,1-3H3. The predicted octanol–water partition coefficient (Wildman–Crippen LogP) is 0.147. The highest BCUT2D eigenvalue weighted by Crippen LogP contribution is 2.22. The molecular formula is C12H23N3O. The Balaban J connectivity index is 2.10. The maximum atomic E-state index is 12.0. The molecule has 0 aromatic carbocycles. The Kier molecular flexibility index (Phi) is 3.50. The van der Waals surface area contributed by atoms with E-state index in [2.05, 4.69) is 36.0 Å². The Labute approximate surface area is 98.0 Å². The van der Waals surface area contributed by atoms with Crippen LogP contribution in [0.2, 0.25) is 0 Å². The summed E-state index contributed by atoms with van der Waals surface area (Å²) < 4.78 is 0. The summed E-state index contributed by atoms with van der Waals surface area (Å²) in [4.78, 5) is 16.5. The lowest BCUT2D eigenvalue weighted by Crippen LogP contribution is -2.66. The van der Waals surface area contributed by atoms with Crippen LogP contribution in [0.15, 0.2) is 0 Å². The number of carbonyl (C=O) groups is 1. The molecule has 2 unspecified atom stereocenters. The number of hydrogen-bond donors (Lipinski definition) is 1. The summed E-state index contributed by atoms with van der Waals surface area (Å²) in [5.41, 5.74) is 0. The maximum Gasteiger partial charge on any atom is 0.237 e. The molecular weight excluding hydrogens is 202 g/mol. The molecule has 2 atom stereocenters. The first-order valence-corrected chi connectivity index (χ1v) is 6.28. The molecule has 0 aromatic heterocycles. The number of hydrogen-bond acceptors (Lipinski definition) is 3. The molecule has 4 nitrogen and oxygen atoms in total. The van der Waals surface area contributed by atoms with Crippen LogP contribution >= 0.6 is 0 Å². The van der Waals surface area contributed by atoms with E-state index in [1.165, 1.54) is 0 Å². The van der Waals surface area contributed by atoms with Crippen LogP contribution in [0.1, 0.15) is 20.3 Å². The minimum Gasteiger partial charge on any atom is -0.332 e. The molecule has 0 aromatic rings. The van der Waals surface area contributed by atoms with Crippen molar-refractivity contribution in [1.29, 1.82) is 0 Å². The molecule has 2 aliphatic rings. The Hall–Kier alpha value is -0.610. The normalized spacial score (nSPS) is 32.0. The van der Waals surface area contributed by atoms with Gasteiger partial charge in [-0.05, 0) is 19.4 Å². The number of piperazine rings is 2. The zero-order valence-electron chi connectivity index (χ0n) is 10.6. The van der Waals surface area contributed by atoms with Gasteiger partial charge in [-0.3, -0.25) is 4.79 Å². The van der Waals surface area contributed by atoms with Gasteiger partial charge in [0.2, 0.25) is 5.91 Å². The molecule has 1 amide bonds. The lowest BCUT2D eigenvalue weighted by Gasteiger charge is -2.48. The summed E-state index contributed by atoms with van der Waals surface area (Å²) in [6.07, 6.45) is 1.12. The summed E-state index contributed by atoms with van der Waals surface area (Å²) >= 11 is 0. The van der Waals surface area contributed by atoms with Crippen molar-refractivity contribution in [2.45, 2.75) is 32.4 Å². The van der Waals surface area contributed by atoms with Gasteiger partial charge in [0.05, 0.1) is 12.6 Å². The van der Waals surface area contributed by atoms with Gasteiger partial charge in [0.25, 0.3) is 0 Å². The van der Waals surface area contributed by atoms with Gasteiger partial charge in [0.1, 0.15) is 0 Å². The Morgan fingerprint density at radius 1 is 1.44 bits per heavy atom. The highest BCUT2D eigenvalue weighted by atomic mass is 16.2. The summed E-state index contributed by atoms with van der Waals surface area (Å²) in [6, 6.07) is 0.794. The quantitative estimate of drug-likeness (QED) is 0.726. The summed E-state index contributed by atoms with van der Waals surface area (Å²) in [5.74, 6) is 0.940. The van der Waals surface area contributed by atoms with Crippen molar-refractivity contribution in [2.75, 3.05) is 33.2 Å². The van der Waals surface area contributed by atoms with Crippen LogP contribution in [-0.4, -0.2) is 61.0 Å². The van der Waals surface area contributed by atoms with Crippen LogP contribution in [-0.2, 0) is 4.79 Å². The van der Waals surface area contributed by atoms with Gasteiger partial charge in [0, 0.05) is 25.7 Å². The van der Waals surface area contributed by atoms with Crippen molar-refractivity contribution in [3.05, 3.63) is 0 Å². The maximum absolute atomic E-state index is 12.0. The van der Waals surface area contributed by atoms with Gasteiger partial charge in [-0.25, -0.2) is 0 Å². The molecule has 2 aliphatic heterocycles. The van der Waals surface area contributed by atoms with E-state index in [9.17, 15) is 4.79 Å². The second kappa shape index (κ2) is 4.72. The first kappa shape index (κ1) is 11.9. The molecule has 0 saturated carbocycles. The molecule has 16 heavy (non-hydrogen) atoms. The number of amides is 1. The van der Waals surface area contributed by atoms with Gasteiger partial charge in [-0.15, -0.1) is 0 Å². The fraction of sp³-hybridized carbons (Fsp3) is 0.917. The van der Waals surface area contributed by atoms with Gasteiger partial charge < -0.3 is 15.1 Å². The summed E-state index contributed by atoms with van der Waals surface area (Å²) in [7, 11) is 2.16. The minimum atomic E-state index is 0.287. The molecule has 1 N–H and O–H groups in total. The van der Waals surface area contributed by atoms with Crippen molar-refractivity contribution < 1.29 is 4.79 Å². The summed E-state index contributed by atoms with van der Waals surface area (Å²) in [5, 5.41) is 3.21. The smallest absolute Gasteiger partial charge is 0.237 e. The van der Waals surface area contributed by atoms with E-state index in [0.717, 1.165) is 26.1 Å². The first-order valence-electron chi connectivity index (χ1n) is 6.28. The lowest BCUT2D eigenvalue weighted by atomic mass is 9.96. The minimum absolute atomic E-state index is 0.287. The number of fused-ring (bicyclic) bond motifs is 1. The number of nitrogens with one attached hydrogen (secondary N) is 1. The first-order chi connectivity index (χ1) is 7.58. The van der Waals surface area contributed by atoms with E-state index in [0.29, 0.717) is 24.5 Å². The van der Waals surface area contributed by atoms with Gasteiger partial charge in [0.15, 0.2) is 0 Å². The number of carbonyl (C=O) groups excluding carboxylic acids is 1. The largest absolute Gasteiger partial charge is 0.332 e. The van der Waals surface area contributed by atoms with Gasteiger partial charge in [-0.1, -0.05) is 13.8 Å². The van der Waals surface area contributed by atoms with Crippen LogP contribution in [0.4, 0.5) is 0 Å². The Bertz CT molecular complexity index is 265. The SMILES string of the molecule is CC(C)CC1CN(C)CC2CNCC(=O)N21. The van der Waals surface area contributed by atoms with E-state index < -0.39 is 0 Å². The molecule has 92 valence electrons. The molecule has 0 spiro atoms. The molecule has 4 heteroatoms. The molecule has 0 aliphatic carbocycles. The third-order valence-electron chi connectivity index (χ3n) is 3.52. The Morgan fingerprint density at radius 2 is 2.19 bits per heavy atom. The van der Waals surface area contributed by atoms with E-state index in [1.54, 1.807) is 0 Å².